The second kappa shape index (κ2) is 4.09. The van der Waals surface area contributed by atoms with Crippen LogP contribution >= 0.6 is 0 Å². The molecule has 2 rings (SSSR count). The Morgan fingerprint density at radius 2 is 2.44 bits per heavy atom. The van der Waals surface area contributed by atoms with Gasteiger partial charge in [-0.3, -0.25) is 14.5 Å². The van der Waals surface area contributed by atoms with Crippen LogP contribution in [0.15, 0.2) is 6.20 Å². The van der Waals surface area contributed by atoms with E-state index in [2.05, 4.69) is 15.6 Å². The van der Waals surface area contributed by atoms with Crippen LogP contribution in [0.2, 0.25) is 0 Å². The molecule has 1 saturated heterocycles. The summed E-state index contributed by atoms with van der Waals surface area (Å²) in [5.74, 6) is -0.377. The van der Waals surface area contributed by atoms with Gasteiger partial charge in [0.15, 0.2) is 6.29 Å². The third kappa shape index (κ3) is 1.90. The molecule has 1 N–H and O–H groups in total. The summed E-state index contributed by atoms with van der Waals surface area (Å²) in [6, 6.07) is -0.402. The Kier molecular flexibility index (Phi) is 2.63. The van der Waals surface area contributed by atoms with E-state index in [0.717, 1.165) is 4.90 Å². The maximum atomic E-state index is 11.6. The van der Waals surface area contributed by atoms with E-state index in [4.69, 9.17) is 0 Å². The summed E-state index contributed by atoms with van der Waals surface area (Å²) in [6.07, 6.45) is 1.88. The molecule has 1 fully saturated rings. The van der Waals surface area contributed by atoms with Crippen molar-refractivity contribution < 1.29 is 14.4 Å². The second-order valence-corrected chi connectivity index (χ2v) is 3.24. The van der Waals surface area contributed by atoms with Gasteiger partial charge in [0.25, 0.3) is 5.91 Å². The number of aromatic nitrogens is 3. The molecule has 0 unspecified atom stereocenters. The SMILES string of the molecule is O=Cc1cn(CC(=O)N2CCNC2=O)nn1. The molecule has 1 aromatic rings. The molecule has 0 spiro atoms. The number of nitrogens with one attached hydrogen (secondary N) is 1. The zero-order chi connectivity index (χ0) is 11.5. The monoisotopic (exact) mass is 223 g/mol. The highest BCUT2D eigenvalue weighted by Crippen LogP contribution is 1.99. The van der Waals surface area contributed by atoms with Crippen molar-refractivity contribution in [2.75, 3.05) is 13.1 Å². The molecule has 84 valence electrons. The Hall–Kier alpha value is -2.25. The third-order valence-corrected chi connectivity index (χ3v) is 2.13. The van der Waals surface area contributed by atoms with E-state index in [9.17, 15) is 14.4 Å². The van der Waals surface area contributed by atoms with E-state index < -0.39 is 6.03 Å². The number of carbonyl (C=O) groups excluding carboxylic acids is 3. The van der Waals surface area contributed by atoms with E-state index >= 15 is 0 Å². The Balaban J connectivity index is 2.01. The Morgan fingerprint density at radius 1 is 1.62 bits per heavy atom. The quantitative estimate of drug-likeness (QED) is 0.638. The van der Waals surface area contributed by atoms with Crippen molar-refractivity contribution in [3.8, 4) is 0 Å². The fraction of sp³-hybridized carbons (Fsp3) is 0.375. The predicted octanol–water partition coefficient (Wildman–Crippen LogP) is -1.36. The van der Waals surface area contributed by atoms with Gasteiger partial charge in [-0.15, -0.1) is 5.10 Å². The molecule has 0 radical (unpaired) electrons. The van der Waals surface area contributed by atoms with E-state index in [0.29, 0.717) is 19.4 Å². The van der Waals surface area contributed by atoms with Gasteiger partial charge in [-0.25, -0.2) is 9.48 Å². The number of aldehydes is 1. The lowest BCUT2D eigenvalue weighted by atomic mass is 10.5. The van der Waals surface area contributed by atoms with Crippen molar-refractivity contribution in [3.63, 3.8) is 0 Å². The molecule has 8 heteroatoms. The van der Waals surface area contributed by atoms with E-state index in [1.807, 2.05) is 0 Å². The van der Waals surface area contributed by atoms with Crippen LogP contribution in [0.4, 0.5) is 4.79 Å². The summed E-state index contributed by atoms with van der Waals surface area (Å²) >= 11 is 0. The molecular weight excluding hydrogens is 214 g/mol. The summed E-state index contributed by atoms with van der Waals surface area (Å²) in [7, 11) is 0. The van der Waals surface area contributed by atoms with Gasteiger partial charge in [0.1, 0.15) is 12.2 Å². The van der Waals surface area contributed by atoms with Gasteiger partial charge in [0, 0.05) is 13.1 Å². The third-order valence-electron chi connectivity index (χ3n) is 2.13. The lowest BCUT2D eigenvalue weighted by Gasteiger charge is -2.11. The van der Waals surface area contributed by atoms with Crippen LogP contribution in [0.25, 0.3) is 0 Å². The van der Waals surface area contributed by atoms with Crippen LogP contribution in [0, 0.1) is 0 Å². The Morgan fingerprint density at radius 3 is 3.00 bits per heavy atom. The zero-order valence-corrected chi connectivity index (χ0v) is 8.29. The number of hydrogen-bond acceptors (Lipinski definition) is 5. The molecule has 1 aliphatic heterocycles. The molecule has 2 heterocycles. The maximum absolute atomic E-state index is 11.6. The molecule has 0 aliphatic carbocycles. The molecule has 0 aromatic carbocycles. The lowest BCUT2D eigenvalue weighted by Crippen LogP contribution is -2.36. The zero-order valence-electron chi connectivity index (χ0n) is 8.29. The molecule has 1 aliphatic rings. The summed E-state index contributed by atoms with van der Waals surface area (Å²) in [4.78, 5) is 34.2. The first-order valence-electron chi connectivity index (χ1n) is 4.64. The van der Waals surface area contributed by atoms with E-state index in [1.54, 1.807) is 0 Å². The minimum absolute atomic E-state index is 0.103. The molecule has 0 atom stereocenters. The number of rotatable bonds is 3. The van der Waals surface area contributed by atoms with Crippen LogP contribution in [-0.4, -0.2) is 51.2 Å². The number of nitrogens with zero attached hydrogens (tertiary/aromatic N) is 4. The first-order valence-corrected chi connectivity index (χ1v) is 4.64. The second-order valence-electron chi connectivity index (χ2n) is 3.24. The average Bonchev–Trinajstić information content (AvgIpc) is 2.86. The van der Waals surface area contributed by atoms with Crippen molar-refractivity contribution in [1.29, 1.82) is 0 Å². The van der Waals surface area contributed by atoms with Gasteiger partial charge in [-0.05, 0) is 0 Å². The smallest absolute Gasteiger partial charge is 0.324 e. The fourth-order valence-electron chi connectivity index (χ4n) is 1.38. The Bertz CT molecular complexity index is 441. The van der Waals surface area contributed by atoms with Gasteiger partial charge in [-0.2, -0.15) is 0 Å². The highest BCUT2D eigenvalue weighted by Gasteiger charge is 2.26. The molecule has 3 amide bonds. The number of imide groups is 1. The van der Waals surface area contributed by atoms with Gasteiger partial charge in [0.2, 0.25) is 0 Å². The summed E-state index contributed by atoms with van der Waals surface area (Å²) in [5.41, 5.74) is 0.152. The van der Waals surface area contributed by atoms with Crippen molar-refractivity contribution >= 4 is 18.2 Å². The van der Waals surface area contributed by atoms with Crippen molar-refractivity contribution in [2.45, 2.75) is 6.54 Å². The summed E-state index contributed by atoms with van der Waals surface area (Å²) in [5, 5.41) is 9.60. The van der Waals surface area contributed by atoms with Crippen molar-refractivity contribution in [1.82, 2.24) is 25.2 Å². The number of urea groups is 1. The first kappa shape index (κ1) is 10.3. The Labute approximate surface area is 90.2 Å². The van der Waals surface area contributed by atoms with Crippen LogP contribution in [0.5, 0.6) is 0 Å². The van der Waals surface area contributed by atoms with Gasteiger partial charge >= 0.3 is 6.03 Å². The molecule has 16 heavy (non-hydrogen) atoms. The maximum Gasteiger partial charge on any atom is 0.324 e. The minimum Gasteiger partial charge on any atom is -0.336 e. The van der Waals surface area contributed by atoms with Crippen LogP contribution < -0.4 is 5.32 Å². The summed E-state index contributed by atoms with van der Waals surface area (Å²) < 4.78 is 1.22. The highest BCUT2D eigenvalue weighted by atomic mass is 16.2. The summed E-state index contributed by atoms with van der Waals surface area (Å²) in [6.45, 7) is 0.711. The minimum atomic E-state index is -0.402. The number of carbonyl (C=O) groups is 3. The number of hydrogen-bond donors (Lipinski definition) is 1. The molecule has 8 nitrogen and oxygen atoms in total. The van der Waals surface area contributed by atoms with E-state index in [-0.39, 0.29) is 18.1 Å². The molecule has 1 aromatic heterocycles. The van der Waals surface area contributed by atoms with E-state index in [1.165, 1.54) is 10.9 Å². The standard InChI is InChI=1S/C8H9N5O3/c14-5-6-3-12(11-10-6)4-7(15)13-2-1-9-8(13)16/h3,5H,1-2,4H2,(H,9,16). The predicted molar refractivity (Wildman–Crippen MR) is 50.5 cm³/mol. The van der Waals surface area contributed by atoms with Gasteiger partial charge in [0.05, 0.1) is 6.20 Å². The molecular formula is C8H9N5O3. The van der Waals surface area contributed by atoms with Crippen molar-refractivity contribution in [2.24, 2.45) is 0 Å². The highest BCUT2D eigenvalue weighted by molar-refractivity contribution is 5.95. The fourth-order valence-corrected chi connectivity index (χ4v) is 1.38. The average molecular weight is 223 g/mol. The van der Waals surface area contributed by atoms with Gasteiger partial charge < -0.3 is 5.32 Å². The lowest BCUT2D eigenvalue weighted by molar-refractivity contribution is -0.128. The first-order chi connectivity index (χ1) is 7.70. The molecule has 0 saturated carbocycles. The van der Waals surface area contributed by atoms with Crippen LogP contribution in [0.1, 0.15) is 10.5 Å². The molecule has 0 bridgehead atoms. The van der Waals surface area contributed by atoms with Crippen LogP contribution in [-0.2, 0) is 11.3 Å². The van der Waals surface area contributed by atoms with Gasteiger partial charge in [-0.1, -0.05) is 5.21 Å². The largest absolute Gasteiger partial charge is 0.336 e. The normalized spacial score (nSPS) is 15.0. The number of amides is 3. The van der Waals surface area contributed by atoms with Crippen LogP contribution in [0.3, 0.4) is 0 Å². The van der Waals surface area contributed by atoms with Crippen molar-refractivity contribution in [3.05, 3.63) is 11.9 Å². The topological polar surface area (TPSA) is 97.2 Å².